The summed E-state index contributed by atoms with van der Waals surface area (Å²) in [6, 6.07) is 49.7. The molecular formula is C73H74BBrCs2N12O8. The third kappa shape index (κ3) is 18.9. The Kier molecular flexibility index (Phi) is 27.6. The Hall–Kier alpha value is -5.15. The molecule has 0 unspecified atom stereocenters. The Labute approximate surface area is 694 Å². The van der Waals surface area contributed by atoms with Gasteiger partial charge in [-0.2, -0.15) is 0 Å². The number of nitrogens with zero attached hydrogens (tertiary/aromatic N) is 12. The Morgan fingerprint density at radius 1 is 0.454 bits per heavy atom. The monoisotopic (exact) mass is 1600 g/mol. The van der Waals surface area contributed by atoms with Gasteiger partial charge in [-0.25, -0.2) is 15.0 Å². The minimum atomic E-state index is -0.351. The second-order valence-electron chi connectivity index (χ2n) is 24.0. The maximum absolute atomic E-state index is 8.64. The zero-order valence-electron chi connectivity index (χ0n) is 56.6. The van der Waals surface area contributed by atoms with E-state index in [4.69, 9.17) is 48.5 Å². The summed E-state index contributed by atoms with van der Waals surface area (Å²) in [5.74, 6) is 2.99. The number of fused-ring (bicyclic) bond motifs is 3. The SMILES string of the molecule is Brc1ccc2c(c1)C(c1ccnc(N3CCOCC3)c1)=NC2.CC1(C)OB(c2ccccn2)OC1(C)C.O=CO[O-].[Cs+].[Cs+].[H-].c1ccc(-c2ccc3c(c2)C(c2ccnc(N4CCOCC4)c2)=NC3)nc1.c1ccc(-c2ccc3c(c2)C(c2ccnc(N4CCOCC4)c2)=NC3)nc1. The van der Waals surface area contributed by atoms with Crippen molar-refractivity contribution >= 4 is 69.7 Å². The van der Waals surface area contributed by atoms with Crippen molar-refractivity contribution in [3.8, 4) is 22.5 Å². The first kappa shape index (κ1) is 74.5. The van der Waals surface area contributed by atoms with Crippen molar-refractivity contribution in [1.29, 1.82) is 0 Å². The van der Waals surface area contributed by atoms with Gasteiger partial charge in [-0.05, 0) is 141 Å². The molecule has 16 rings (SSSR count). The van der Waals surface area contributed by atoms with Crippen LogP contribution in [0.1, 0.15) is 79.2 Å². The van der Waals surface area contributed by atoms with Gasteiger partial charge >= 0.3 is 145 Å². The number of ether oxygens (including phenoxy) is 3. The number of anilines is 3. The summed E-state index contributed by atoms with van der Waals surface area (Å²) in [5.41, 5.74) is 18.3. The molecule has 6 aromatic heterocycles. The Bertz CT molecular complexity index is 4030. The van der Waals surface area contributed by atoms with Crippen LogP contribution in [0.4, 0.5) is 17.5 Å². The van der Waals surface area contributed by atoms with Gasteiger partial charge in [0.05, 0.1) is 105 Å². The predicted octanol–water partition coefficient (Wildman–Crippen LogP) is 3.63. The van der Waals surface area contributed by atoms with Gasteiger partial charge in [0.2, 0.25) is 0 Å². The van der Waals surface area contributed by atoms with E-state index in [-0.39, 0.29) is 164 Å². The fourth-order valence-corrected chi connectivity index (χ4v) is 12.1. The first-order valence-corrected chi connectivity index (χ1v) is 32.6. The zero-order valence-corrected chi connectivity index (χ0v) is 69.7. The largest absolute Gasteiger partial charge is 1.00 e. The molecule has 3 aromatic carbocycles. The number of rotatable bonds is 10. The number of morpholine rings is 3. The number of benzene rings is 3. The van der Waals surface area contributed by atoms with Crippen LogP contribution in [0.5, 0.6) is 0 Å². The molecular weight excluding hydrogens is 1530 g/mol. The van der Waals surface area contributed by atoms with Gasteiger partial charge in [0.1, 0.15) is 17.5 Å². The summed E-state index contributed by atoms with van der Waals surface area (Å²) in [6.07, 6.45) is 11.0. The molecule has 0 bridgehead atoms. The molecule has 0 amide bonds. The summed E-state index contributed by atoms with van der Waals surface area (Å²) >= 11 is 3.55. The number of hydrogen-bond donors (Lipinski definition) is 0. The summed E-state index contributed by atoms with van der Waals surface area (Å²) < 4.78 is 29.1. The zero-order chi connectivity index (χ0) is 65.6. The van der Waals surface area contributed by atoms with Crippen molar-refractivity contribution < 1.29 is 178 Å². The normalized spacial score (nSPS) is 16.7. The van der Waals surface area contributed by atoms with E-state index in [2.05, 4.69) is 138 Å². The van der Waals surface area contributed by atoms with E-state index in [9.17, 15) is 0 Å². The van der Waals surface area contributed by atoms with E-state index in [0.29, 0.717) is 0 Å². The average molecular weight is 1600 g/mol. The summed E-state index contributed by atoms with van der Waals surface area (Å²) in [5, 5.41) is 8.43. The molecule has 7 aliphatic heterocycles. The van der Waals surface area contributed by atoms with Gasteiger partial charge < -0.3 is 49.8 Å². The molecule has 0 saturated carbocycles. The molecule has 7 aliphatic rings. The van der Waals surface area contributed by atoms with Gasteiger partial charge in [0.25, 0.3) is 6.47 Å². The van der Waals surface area contributed by atoms with Crippen LogP contribution in [0.15, 0.2) is 202 Å². The van der Waals surface area contributed by atoms with Crippen molar-refractivity contribution in [2.45, 2.75) is 58.5 Å². The summed E-state index contributed by atoms with van der Waals surface area (Å²) in [6.45, 7) is 20.0. The molecule has 24 heteroatoms. The molecule has 0 radical (unpaired) electrons. The van der Waals surface area contributed by atoms with E-state index in [1.165, 1.54) is 33.4 Å². The fraction of sp³-hybridized carbons (Fsp3) is 0.288. The number of aliphatic imine (C=N–C) groups is 3. The third-order valence-electron chi connectivity index (χ3n) is 17.5. The maximum atomic E-state index is 8.64. The second kappa shape index (κ2) is 35.9. The van der Waals surface area contributed by atoms with Crippen LogP contribution in [-0.4, -0.2) is 151 Å². The average Bonchev–Trinajstić information content (AvgIpc) is 1.63. The van der Waals surface area contributed by atoms with Crippen molar-refractivity contribution in [2.75, 3.05) is 93.6 Å². The Morgan fingerprint density at radius 2 is 0.814 bits per heavy atom. The van der Waals surface area contributed by atoms with E-state index >= 15 is 0 Å². The minimum absolute atomic E-state index is 0. The van der Waals surface area contributed by atoms with Crippen LogP contribution >= 0.6 is 15.9 Å². The molecule has 4 saturated heterocycles. The van der Waals surface area contributed by atoms with Gasteiger partial charge in [-0.3, -0.25) is 34.7 Å². The Balaban J connectivity index is 0.000000151. The molecule has 0 aliphatic carbocycles. The van der Waals surface area contributed by atoms with Gasteiger partial charge in [0, 0.05) is 125 Å². The van der Waals surface area contributed by atoms with Crippen molar-refractivity contribution in [2.24, 2.45) is 15.0 Å². The number of hydrogen-bond acceptors (Lipinski definition) is 20. The number of carbonyl (C=O) groups excluding carboxylic acids is 1. The van der Waals surface area contributed by atoms with Crippen LogP contribution in [0.25, 0.3) is 22.5 Å². The first-order valence-electron chi connectivity index (χ1n) is 31.8. The maximum Gasteiger partial charge on any atom is 1.00 e. The molecule has 20 nitrogen and oxygen atoms in total. The first-order chi connectivity index (χ1) is 46.4. The summed E-state index contributed by atoms with van der Waals surface area (Å²) in [4.78, 5) is 59.3. The quantitative estimate of drug-likeness (QED) is 0.0826. The van der Waals surface area contributed by atoms with E-state index in [1.807, 2.05) is 131 Å². The molecule has 9 aromatic rings. The number of carbonyl (C=O) groups is 1. The number of halogens is 1. The smallest absolute Gasteiger partial charge is 1.00 e. The Morgan fingerprint density at radius 3 is 1.16 bits per heavy atom. The van der Waals surface area contributed by atoms with E-state index in [1.54, 1.807) is 6.20 Å². The van der Waals surface area contributed by atoms with Gasteiger partial charge in [-0.1, -0.05) is 64.5 Å². The van der Waals surface area contributed by atoms with Gasteiger partial charge in [0.15, 0.2) is 0 Å². The summed E-state index contributed by atoms with van der Waals surface area (Å²) in [7, 11) is -0.351. The predicted molar refractivity (Wildman–Crippen MR) is 372 cm³/mol. The molecule has 0 spiro atoms. The second-order valence-corrected chi connectivity index (χ2v) is 24.9. The molecule has 97 heavy (non-hydrogen) atoms. The van der Waals surface area contributed by atoms with E-state index < -0.39 is 0 Å². The fourth-order valence-electron chi connectivity index (χ4n) is 11.7. The van der Waals surface area contributed by atoms with Crippen LogP contribution < -0.4 is 163 Å². The van der Waals surface area contributed by atoms with Crippen LogP contribution in [0, 0.1) is 0 Å². The minimum Gasteiger partial charge on any atom is -1.00 e. The van der Waals surface area contributed by atoms with Crippen LogP contribution in [0.2, 0.25) is 0 Å². The van der Waals surface area contributed by atoms with Gasteiger partial charge in [-0.15, -0.1) is 0 Å². The van der Waals surface area contributed by atoms with Crippen molar-refractivity contribution in [3.05, 3.63) is 237 Å². The van der Waals surface area contributed by atoms with Crippen LogP contribution in [0.3, 0.4) is 0 Å². The third-order valence-corrected chi connectivity index (χ3v) is 18.0. The molecule has 0 N–H and O–H groups in total. The van der Waals surface area contributed by atoms with Crippen LogP contribution in [-0.2, 0) is 52.8 Å². The number of pyridine rings is 6. The molecule has 0 atom stereocenters. The van der Waals surface area contributed by atoms with Crippen molar-refractivity contribution in [3.63, 3.8) is 0 Å². The number of aromatic nitrogens is 6. The molecule has 13 heterocycles. The topological polar surface area (TPSA) is 220 Å². The van der Waals surface area contributed by atoms with E-state index in [0.717, 1.165) is 182 Å². The molecule has 486 valence electrons. The molecule has 4 fully saturated rings. The van der Waals surface area contributed by atoms with Crippen molar-refractivity contribution in [1.82, 2.24) is 29.9 Å². The standard InChI is InChI=1S/2C22H20N4O.C17H16BrN3O.C11H16BNO2.CH2O3.2Cs.H/c2*1-2-7-23-20(3-1)16-4-5-18-15-25-22(19(18)13-16)17-6-8-24-21(14-17)26-9-11-27-12-10-26;18-14-2-1-13-11-20-17(15(13)10-14)12-3-4-19-16(9-12)21-5-7-22-8-6-21;1-10(2)11(3,4)15-12(14-10)9-7-5-6-8-13-9;2-1-4-3;;;/h2*1-8,13-14H,9-12,15H2;1-4,9-10H,5-8,11H2;5-8H,1-4H3;1,3H;;;/q;;;;;2*+1;-1/p-1.